The normalized spacial score (nSPS) is 13.5. The first-order valence-electron chi connectivity index (χ1n) is 5.42. The maximum atomic E-state index is 10.7. The van der Waals surface area contributed by atoms with Crippen LogP contribution in [-0.4, -0.2) is 25.8 Å². The molecule has 96 valence electrons. The quantitative estimate of drug-likeness (QED) is 0.656. The molecule has 0 amide bonds. The van der Waals surface area contributed by atoms with Gasteiger partial charge in [-0.3, -0.25) is 0 Å². The van der Waals surface area contributed by atoms with Gasteiger partial charge in [0, 0.05) is 11.6 Å². The van der Waals surface area contributed by atoms with Gasteiger partial charge in [-0.2, -0.15) is 0 Å². The van der Waals surface area contributed by atoms with Gasteiger partial charge in [-0.1, -0.05) is 18.2 Å². The second-order valence-electron chi connectivity index (χ2n) is 3.96. The Morgan fingerprint density at radius 1 is 1.41 bits per heavy atom. The third-order valence-electron chi connectivity index (χ3n) is 2.46. The molecule has 1 rings (SSSR count). The lowest BCUT2D eigenvalue weighted by molar-refractivity contribution is 0.452. The summed E-state index contributed by atoms with van der Waals surface area (Å²) in [6, 6.07) is 7.02. The number of hydrogen-bond acceptors (Lipinski definition) is 4. The Morgan fingerprint density at radius 3 is 2.65 bits per heavy atom. The first-order valence-corrected chi connectivity index (χ1v) is 7.13. The first-order chi connectivity index (χ1) is 7.90. The second kappa shape index (κ2) is 6.00. The average Bonchev–Trinajstić information content (AvgIpc) is 2.23. The van der Waals surface area contributed by atoms with Crippen molar-refractivity contribution in [3.63, 3.8) is 0 Å². The molecule has 5 nitrogen and oxygen atoms in total. The number of phenolic OH excluding ortho intramolecular Hbond substituents is 1. The van der Waals surface area contributed by atoms with Crippen LogP contribution in [0.5, 0.6) is 5.75 Å². The zero-order chi connectivity index (χ0) is 12.9. The monoisotopic (exact) mass is 258 g/mol. The van der Waals surface area contributed by atoms with Crippen LogP contribution in [0.1, 0.15) is 24.9 Å². The molecule has 0 fully saturated rings. The number of primary sulfonamides is 1. The smallest absolute Gasteiger partial charge is 0.209 e. The van der Waals surface area contributed by atoms with Crippen molar-refractivity contribution >= 4 is 10.0 Å². The van der Waals surface area contributed by atoms with Gasteiger partial charge < -0.3 is 10.4 Å². The lowest BCUT2D eigenvalue weighted by atomic mass is 10.1. The lowest BCUT2D eigenvalue weighted by Crippen LogP contribution is -2.24. The van der Waals surface area contributed by atoms with Gasteiger partial charge in [0.05, 0.1) is 5.75 Å². The molecule has 1 aromatic rings. The Balaban J connectivity index is 2.41. The molecule has 4 N–H and O–H groups in total. The largest absolute Gasteiger partial charge is 0.508 e. The van der Waals surface area contributed by atoms with E-state index in [-0.39, 0.29) is 17.5 Å². The number of hydrogen-bond donors (Lipinski definition) is 3. The summed E-state index contributed by atoms with van der Waals surface area (Å²) >= 11 is 0. The minimum absolute atomic E-state index is 0.0309. The van der Waals surface area contributed by atoms with Gasteiger partial charge in [0.2, 0.25) is 10.0 Å². The molecule has 0 aromatic heterocycles. The number of rotatable bonds is 6. The van der Waals surface area contributed by atoms with Crippen molar-refractivity contribution in [1.82, 2.24) is 5.32 Å². The highest BCUT2D eigenvalue weighted by Crippen LogP contribution is 2.22. The van der Waals surface area contributed by atoms with Crippen LogP contribution in [0.3, 0.4) is 0 Å². The number of phenols is 1. The van der Waals surface area contributed by atoms with Gasteiger partial charge in [-0.05, 0) is 26.0 Å². The summed E-state index contributed by atoms with van der Waals surface area (Å²) in [7, 11) is -3.38. The van der Waals surface area contributed by atoms with E-state index >= 15 is 0 Å². The third kappa shape index (κ3) is 5.16. The summed E-state index contributed by atoms with van der Waals surface area (Å²) in [5.74, 6) is 0.201. The maximum absolute atomic E-state index is 10.7. The van der Waals surface area contributed by atoms with Crippen molar-refractivity contribution in [3.8, 4) is 5.75 Å². The molecule has 1 unspecified atom stereocenters. The van der Waals surface area contributed by atoms with Crippen molar-refractivity contribution in [1.29, 1.82) is 0 Å². The highest BCUT2D eigenvalue weighted by Gasteiger charge is 2.09. The number of benzene rings is 1. The molecule has 0 aliphatic carbocycles. The molecule has 0 radical (unpaired) electrons. The molecule has 17 heavy (non-hydrogen) atoms. The third-order valence-corrected chi connectivity index (χ3v) is 3.32. The standard InChI is InChI=1S/C11H18N2O3S/c1-9(10-5-2-3-6-11(10)14)13-7-4-8-17(12,15)16/h2-3,5-6,9,13-14H,4,7-8H2,1H3,(H2,12,15,16). The molecule has 1 aromatic carbocycles. The van der Waals surface area contributed by atoms with E-state index < -0.39 is 10.0 Å². The molecule has 0 spiro atoms. The molecule has 6 heteroatoms. The second-order valence-corrected chi connectivity index (χ2v) is 5.69. The summed E-state index contributed by atoms with van der Waals surface area (Å²) < 4.78 is 21.4. The molecule has 1 atom stereocenters. The Morgan fingerprint density at radius 2 is 2.06 bits per heavy atom. The molecule has 0 aliphatic rings. The maximum Gasteiger partial charge on any atom is 0.209 e. The van der Waals surface area contributed by atoms with Gasteiger partial charge >= 0.3 is 0 Å². The van der Waals surface area contributed by atoms with Crippen molar-refractivity contribution < 1.29 is 13.5 Å². The van der Waals surface area contributed by atoms with E-state index in [1.54, 1.807) is 12.1 Å². The van der Waals surface area contributed by atoms with Crippen molar-refractivity contribution in [2.45, 2.75) is 19.4 Å². The molecular formula is C11H18N2O3S. The minimum Gasteiger partial charge on any atom is -0.508 e. The van der Waals surface area contributed by atoms with E-state index in [0.717, 1.165) is 5.56 Å². The Kier molecular flexibility index (Phi) is 4.92. The molecule has 0 heterocycles. The van der Waals surface area contributed by atoms with Crippen molar-refractivity contribution in [2.75, 3.05) is 12.3 Å². The molecular weight excluding hydrogens is 240 g/mol. The predicted molar refractivity (Wildman–Crippen MR) is 67.1 cm³/mol. The van der Waals surface area contributed by atoms with E-state index in [9.17, 15) is 13.5 Å². The van der Waals surface area contributed by atoms with E-state index in [2.05, 4.69) is 5.32 Å². The van der Waals surface area contributed by atoms with Gasteiger partial charge in [-0.15, -0.1) is 0 Å². The van der Waals surface area contributed by atoms with Gasteiger partial charge in [0.1, 0.15) is 5.75 Å². The lowest BCUT2D eigenvalue weighted by Gasteiger charge is -2.15. The topological polar surface area (TPSA) is 92.4 Å². The number of aromatic hydroxyl groups is 1. The van der Waals surface area contributed by atoms with Crippen molar-refractivity contribution in [3.05, 3.63) is 29.8 Å². The molecule has 0 bridgehead atoms. The number of para-hydroxylation sites is 1. The number of nitrogens with two attached hydrogens (primary N) is 1. The van der Waals surface area contributed by atoms with Gasteiger partial charge in [0.25, 0.3) is 0 Å². The number of nitrogens with one attached hydrogen (secondary N) is 1. The molecule has 0 aliphatic heterocycles. The summed E-state index contributed by atoms with van der Waals surface area (Å²) in [5, 5.41) is 17.6. The summed E-state index contributed by atoms with van der Waals surface area (Å²) in [5.41, 5.74) is 0.795. The van der Waals surface area contributed by atoms with Crippen LogP contribution in [0.4, 0.5) is 0 Å². The van der Waals surface area contributed by atoms with Crippen LogP contribution in [0.15, 0.2) is 24.3 Å². The molecule has 0 saturated heterocycles. The van der Waals surface area contributed by atoms with Gasteiger partial charge in [0.15, 0.2) is 0 Å². The fourth-order valence-electron chi connectivity index (χ4n) is 1.56. The fourth-order valence-corrected chi connectivity index (χ4v) is 2.10. The Labute approximate surface area is 102 Å². The summed E-state index contributed by atoms with van der Waals surface area (Å²) in [6.07, 6.45) is 0.455. The highest BCUT2D eigenvalue weighted by atomic mass is 32.2. The van der Waals surface area contributed by atoms with Crippen LogP contribution in [0.25, 0.3) is 0 Å². The van der Waals surface area contributed by atoms with E-state index in [1.165, 1.54) is 0 Å². The van der Waals surface area contributed by atoms with E-state index in [0.29, 0.717) is 13.0 Å². The Bertz CT molecular complexity index is 460. The predicted octanol–water partition coefficient (Wildman–Crippen LogP) is 0.721. The summed E-state index contributed by atoms with van der Waals surface area (Å²) in [6.45, 7) is 2.44. The van der Waals surface area contributed by atoms with E-state index in [4.69, 9.17) is 5.14 Å². The first kappa shape index (κ1) is 14.0. The zero-order valence-corrected chi connectivity index (χ0v) is 10.6. The fraction of sp³-hybridized carbons (Fsp3) is 0.455. The van der Waals surface area contributed by atoms with Crippen molar-refractivity contribution in [2.24, 2.45) is 5.14 Å². The average molecular weight is 258 g/mol. The highest BCUT2D eigenvalue weighted by molar-refractivity contribution is 7.89. The van der Waals surface area contributed by atoms with Crippen LogP contribution in [-0.2, 0) is 10.0 Å². The SMILES string of the molecule is CC(NCCCS(N)(=O)=O)c1ccccc1O. The summed E-state index contributed by atoms with van der Waals surface area (Å²) in [4.78, 5) is 0. The Hall–Kier alpha value is -1.11. The minimum atomic E-state index is -3.38. The zero-order valence-electron chi connectivity index (χ0n) is 9.76. The van der Waals surface area contributed by atoms with Crippen LogP contribution in [0.2, 0.25) is 0 Å². The number of sulfonamides is 1. The van der Waals surface area contributed by atoms with Gasteiger partial charge in [-0.25, -0.2) is 13.6 Å². The van der Waals surface area contributed by atoms with Crippen LogP contribution < -0.4 is 10.5 Å². The van der Waals surface area contributed by atoms with Crippen LogP contribution in [0, 0.1) is 0 Å². The van der Waals surface area contributed by atoms with E-state index in [1.807, 2.05) is 19.1 Å². The van der Waals surface area contributed by atoms with Crippen LogP contribution >= 0.6 is 0 Å². The molecule has 0 saturated carbocycles.